The van der Waals surface area contributed by atoms with Gasteiger partial charge in [0.2, 0.25) is 0 Å². The predicted octanol–water partition coefficient (Wildman–Crippen LogP) is 18.9. The van der Waals surface area contributed by atoms with E-state index < -0.39 is 138 Å². The van der Waals surface area contributed by atoms with Crippen molar-refractivity contribution < 1.29 is 93.7 Å². The number of aromatic nitrogens is 3. The molecule has 3 aromatic heterocycles. The van der Waals surface area contributed by atoms with Crippen molar-refractivity contribution in [2.75, 3.05) is 57.4 Å². The second-order valence-electron chi connectivity index (χ2n) is 19.8. The Bertz CT molecular complexity index is 4950. The van der Waals surface area contributed by atoms with Gasteiger partial charge in [0.1, 0.15) is 13.5 Å². The number of benzene rings is 6. The molecule has 0 unspecified atom stereocenters. The van der Waals surface area contributed by atoms with E-state index in [9.17, 15) is 84.3 Å². The summed E-state index contributed by atoms with van der Waals surface area (Å²) in [5.41, 5.74) is 6.41. The van der Waals surface area contributed by atoms with Crippen LogP contribution in [0.2, 0.25) is 30.1 Å². The Hall–Kier alpha value is -9.25. The molecule has 0 saturated carbocycles. The summed E-state index contributed by atoms with van der Waals surface area (Å²) in [6.45, 7) is -1.37. The number of anilines is 6. The number of pyridine rings is 3. The first-order valence-electron chi connectivity index (χ1n) is 27.9. The van der Waals surface area contributed by atoms with Crippen LogP contribution < -0.4 is 29.7 Å². The number of methoxy groups -OCH3 is 2. The highest BCUT2D eigenvalue weighted by Crippen LogP contribution is 2.41. The van der Waals surface area contributed by atoms with Gasteiger partial charge in [0.15, 0.2) is 17.1 Å². The molecule has 574 valence electrons. The maximum Gasteiger partial charge on any atom is 0.417 e. The van der Waals surface area contributed by atoms with Crippen LogP contribution in [0.5, 0.6) is 0 Å². The van der Waals surface area contributed by atoms with Crippen LogP contribution in [0.15, 0.2) is 212 Å². The summed E-state index contributed by atoms with van der Waals surface area (Å²) in [6.07, 6.45) is -11.4. The molecule has 0 aliphatic rings. The fourth-order valence-corrected chi connectivity index (χ4v) is 13.1. The number of aromatic carboxylic acids is 1. The third kappa shape index (κ3) is 26.3. The number of sulfonamides is 3. The minimum Gasteiger partial charge on any atom is -0.476 e. The van der Waals surface area contributed by atoms with Gasteiger partial charge in [-0.15, -0.1) is 0 Å². The molecule has 44 heteroatoms. The van der Waals surface area contributed by atoms with Gasteiger partial charge < -0.3 is 30.9 Å². The van der Waals surface area contributed by atoms with E-state index >= 15 is 0 Å². The van der Waals surface area contributed by atoms with Gasteiger partial charge in [0.25, 0.3) is 41.9 Å². The highest BCUT2D eigenvalue weighted by atomic mass is 35.5. The van der Waals surface area contributed by atoms with Gasteiger partial charge in [-0.25, -0.2) is 53.6 Å². The van der Waals surface area contributed by atoms with E-state index in [4.69, 9.17) is 90.3 Å². The second kappa shape index (κ2) is 40.6. The zero-order valence-corrected chi connectivity index (χ0v) is 60.3. The van der Waals surface area contributed by atoms with Crippen LogP contribution in [0.4, 0.5) is 73.6 Å². The first-order valence-corrected chi connectivity index (χ1v) is 34.9. The van der Waals surface area contributed by atoms with Gasteiger partial charge in [-0.1, -0.05) is 144 Å². The Morgan fingerprint density at radius 3 is 1.19 bits per heavy atom. The third-order valence-electron chi connectivity index (χ3n) is 12.6. The SMILES string of the molecule is C.C.COCN(c1cc(Cl)cnc1C(=O)Nc1ccccc1)S(=O)(=O)c1ccc(Cl)c(C(F)(F)F)c1.COCN(c1cc(Cl)cnc1C(=O)O)S(=O)(=O)c1ccc(Cl)c(C(F)(F)F)c1.N=NN=NCl.Nc1ccccc1.O=C(Nc1ccccc1)c1ncc(Cl)cc1NS(=O)(=O)c1ccc(Cl)c(C(F)(F)F)c1. The van der Waals surface area contributed by atoms with E-state index in [1.807, 2.05) is 30.3 Å². The summed E-state index contributed by atoms with van der Waals surface area (Å²) in [6, 6.07) is 35.5. The third-order valence-corrected chi connectivity index (χ3v) is 19.1. The fourth-order valence-electron chi connectivity index (χ4n) is 8.05. The Morgan fingerprint density at radius 2 is 0.850 bits per heavy atom. The van der Waals surface area contributed by atoms with Gasteiger partial charge in [-0.3, -0.25) is 14.3 Å². The van der Waals surface area contributed by atoms with Crippen LogP contribution >= 0.6 is 81.4 Å². The predicted molar refractivity (Wildman–Crippen MR) is 387 cm³/mol. The van der Waals surface area contributed by atoms with Crippen LogP contribution in [-0.2, 0) is 58.1 Å². The number of alkyl halides is 9. The lowest BCUT2D eigenvalue weighted by molar-refractivity contribution is -0.138. The van der Waals surface area contributed by atoms with Crippen molar-refractivity contribution in [1.29, 1.82) is 5.53 Å². The van der Waals surface area contributed by atoms with E-state index in [1.54, 1.807) is 60.7 Å². The molecule has 0 saturated heterocycles. The summed E-state index contributed by atoms with van der Waals surface area (Å²) in [4.78, 5) is 46.0. The molecule has 0 atom stereocenters. The Kier molecular flexibility index (Phi) is 34.9. The molecule has 0 aliphatic heterocycles. The molecule has 3 heterocycles. The van der Waals surface area contributed by atoms with E-state index in [0.717, 1.165) is 86.0 Å². The number of amides is 2. The number of nitrogen functional groups attached to an aromatic ring is 1. The van der Waals surface area contributed by atoms with Crippen LogP contribution in [0.3, 0.4) is 0 Å². The van der Waals surface area contributed by atoms with E-state index in [1.165, 1.54) is 7.11 Å². The van der Waals surface area contributed by atoms with Gasteiger partial charge in [0.05, 0.1) is 90.4 Å². The summed E-state index contributed by atoms with van der Waals surface area (Å²) in [5, 5.41) is 17.3. The average molecular weight is 1700 g/mol. The Morgan fingerprint density at radius 1 is 0.514 bits per heavy atom. The highest BCUT2D eigenvalue weighted by Gasteiger charge is 2.40. The molecule has 7 N–H and O–H groups in total. The summed E-state index contributed by atoms with van der Waals surface area (Å²) >= 11 is 38.9. The van der Waals surface area contributed by atoms with Gasteiger partial charge in [-0.2, -0.15) is 45.0 Å². The summed E-state index contributed by atoms with van der Waals surface area (Å²) in [5.74, 6) is -3.11. The molecular formula is C63H55Cl7F9N13O12S3. The number of carbonyl (C=O) groups is 3. The molecule has 0 spiro atoms. The van der Waals surface area contributed by atoms with E-state index in [2.05, 4.69) is 57.2 Å². The lowest BCUT2D eigenvalue weighted by Gasteiger charge is -2.25. The number of hydrogen-bond donors (Lipinski definition) is 6. The standard InChI is InChI=1S/C21H16Cl2F3N3O4S.C19H12Cl2F3N3O3S.C15H11Cl2F3N2O5S.C6H7N.2CH4.ClHN4/c1-33-12-29(34(31,32)15-7-8-17(23)16(10-15)21(24,25)26)18-9-13(22)11-27-19(18)20(30)28-14-5-3-2-4-6-14;20-11-8-16(17(25-10-11)18(28)26-12-4-2-1-3-5-12)27-31(29,30)13-6-7-15(21)14(9-13)19(22,23)24;1-27-7-22(12-4-8(16)6-21-13(12)14(23)24)28(25,26)9-2-3-11(17)10(5-9)15(18,19)20;7-6-4-2-1-3-5-6;;;1-3-5-4-2/h2-11H,12H2,1H3,(H,28,30);1-10,27H,(H,26,28);2-6H,7H2,1H3,(H,23,24);1-5H,7H2;2*1H4;2H. The molecular weight excluding hydrogens is 1650 g/mol. The molecule has 0 fully saturated rings. The van der Waals surface area contributed by atoms with E-state index in [0.29, 0.717) is 38.2 Å². The number of carbonyl (C=O) groups excluding carboxylic acids is 2. The maximum absolute atomic E-state index is 13.4. The molecule has 0 bridgehead atoms. The van der Waals surface area contributed by atoms with Gasteiger partial charge >= 0.3 is 24.5 Å². The van der Waals surface area contributed by atoms with Crippen molar-refractivity contribution in [1.82, 2.24) is 15.0 Å². The molecule has 6 aromatic carbocycles. The number of para-hydroxylation sites is 3. The average Bonchev–Trinajstić information content (AvgIpc) is 0.776. The smallest absolute Gasteiger partial charge is 0.417 e. The topological polar surface area (TPSA) is 361 Å². The molecule has 107 heavy (non-hydrogen) atoms. The Labute approximate surface area is 640 Å². The lowest BCUT2D eigenvalue weighted by atomic mass is 10.2. The summed E-state index contributed by atoms with van der Waals surface area (Å²) < 4.78 is 212. The number of nitrogens with one attached hydrogen (secondary N) is 4. The lowest BCUT2D eigenvalue weighted by Crippen LogP contribution is -2.35. The number of rotatable bonds is 19. The molecule has 9 aromatic rings. The molecule has 9 rings (SSSR count). The van der Waals surface area contributed by atoms with Gasteiger partial charge in [-0.05, 0) is 120 Å². The van der Waals surface area contributed by atoms with Crippen LogP contribution in [-0.4, -0.2) is 90.8 Å². The molecule has 25 nitrogen and oxygen atoms in total. The number of ether oxygens (including phenoxy) is 2. The summed E-state index contributed by atoms with van der Waals surface area (Å²) in [7, 11) is -11.6. The minimum absolute atomic E-state index is 0. The number of hydrogen-bond acceptors (Lipinski definition) is 17. The zero-order valence-electron chi connectivity index (χ0n) is 52.6. The number of halogens is 16. The number of nitrogens with two attached hydrogens (primary N) is 1. The number of carboxylic acids is 1. The van der Waals surface area contributed by atoms with Gasteiger partial charge in [0, 0.05) is 49.9 Å². The second-order valence-corrected chi connectivity index (χ2v) is 27.9. The normalized spacial score (nSPS) is 11.3. The Balaban J connectivity index is 0.000000382. The van der Waals surface area contributed by atoms with Crippen molar-refractivity contribution in [2.24, 2.45) is 15.1 Å². The maximum atomic E-state index is 13.4. The zero-order chi connectivity index (χ0) is 78.4. The minimum atomic E-state index is -4.90. The fraction of sp³-hybridized carbons (Fsp3) is 0.143. The quantitative estimate of drug-likeness (QED) is 0.0144. The van der Waals surface area contributed by atoms with Crippen molar-refractivity contribution in [3.63, 3.8) is 0 Å². The van der Waals surface area contributed by atoms with Crippen LogP contribution in [0, 0.1) is 5.53 Å². The van der Waals surface area contributed by atoms with Crippen molar-refractivity contribution in [3.05, 3.63) is 246 Å². The monoisotopic (exact) mass is 1700 g/mol. The van der Waals surface area contributed by atoms with Crippen LogP contribution in [0.1, 0.15) is 63.0 Å². The first kappa shape index (κ1) is 92.0. The van der Waals surface area contributed by atoms with Crippen molar-refractivity contribution >= 4 is 163 Å². The van der Waals surface area contributed by atoms with E-state index in [-0.39, 0.29) is 52.7 Å². The molecule has 0 radical (unpaired) electrons. The largest absolute Gasteiger partial charge is 0.476 e. The number of nitrogens with zero attached hydrogens (tertiary/aromatic N) is 8. The van der Waals surface area contributed by atoms with Crippen molar-refractivity contribution in [3.8, 4) is 0 Å². The highest BCUT2D eigenvalue weighted by molar-refractivity contribution is 7.93. The molecule has 0 aliphatic carbocycles. The first-order chi connectivity index (χ1) is 49.1. The number of carboxylic acid groups (broad SMARTS) is 1. The molecule has 2 amide bonds. The van der Waals surface area contributed by atoms with Crippen LogP contribution in [0.25, 0.3) is 0 Å². The van der Waals surface area contributed by atoms with Crippen molar-refractivity contribution in [2.45, 2.75) is 48.1 Å².